The number of pyridine rings is 1. The van der Waals surface area contributed by atoms with Crippen molar-refractivity contribution in [2.45, 2.75) is 0 Å². The highest BCUT2D eigenvalue weighted by Crippen LogP contribution is 2.18. The lowest BCUT2D eigenvalue weighted by molar-refractivity contribution is -0.120. The van der Waals surface area contributed by atoms with Crippen LogP contribution in [-0.2, 0) is 4.79 Å². The zero-order valence-corrected chi connectivity index (χ0v) is 12.3. The van der Waals surface area contributed by atoms with Gasteiger partial charge in [-0.25, -0.2) is 0 Å². The highest BCUT2D eigenvalue weighted by molar-refractivity contribution is 7.80. The Morgan fingerprint density at radius 3 is 2.62 bits per heavy atom. The summed E-state index contributed by atoms with van der Waals surface area (Å²) in [5, 5.41) is 0. The van der Waals surface area contributed by atoms with Crippen molar-refractivity contribution in [2.24, 2.45) is 5.73 Å². The Hall–Kier alpha value is -2.47. The van der Waals surface area contributed by atoms with Crippen LogP contribution in [-0.4, -0.2) is 29.5 Å². The second-order valence-electron chi connectivity index (χ2n) is 4.31. The molecule has 0 aliphatic carbocycles. The van der Waals surface area contributed by atoms with Crippen LogP contribution in [0.4, 0.5) is 5.69 Å². The molecular weight excluding hydrogens is 286 g/mol. The molecule has 2 aromatic rings. The number of nitrogens with two attached hydrogens (primary N) is 1. The molecule has 0 radical (unpaired) electrons. The second-order valence-corrected chi connectivity index (χ2v) is 4.75. The van der Waals surface area contributed by atoms with Crippen LogP contribution in [0, 0.1) is 0 Å². The number of benzene rings is 1. The average Bonchev–Trinajstić information content (AvgIpc) is 2.52. The first kappa shape index (κ1) is 14.9. The third-order valence-corrected chi connectivity index (χ3v) is 3.15. The molecular formula is C15H15N3O2S. The SMILES string of the molecule is CN(C(=O)COc1ccccc1C(N)=S)c1ccncc1. The lowest BCUT2D eigenvalue weighted by atomic mass is 10.2. The van der Waals surface area contributed by atoms with Gasteiger partial charge in [-0.2, -0.15) is 0 Å². The smallest absolute Gasteiger partial charge is 0.264 e. The maximum atomic E-state index is 12.1. The summed E-state index contributed by atoms with van der Waals surface area (Å²) < 4.78 is 5.53. The zero-order chi connectivity index (χ0) is 15.2. The number of rotatable bonds is 5. The van der Waals surface area contributed by atoms with Crippen molar-refractivity contribution in [1.29, 1.82) is 0 Å². The number of amides is 1. The molecule has 0 aliphatic rings. The number of thiocarbonyl (C=S) groups is 1. The molecule has 1 aromatic carbocycles. The molecule has 0 aliphatic heterocycles. The van der Waals surface area contributed by atoms with Gasteiger partial charge in [0.2, 0.25) is 0 Å². The van der Waals surface area contributed by atoms with Crippen molar-refractivity contribution < 1.29 is 9.53 Å². The van der Waals surface area contributed by atoms with Crippen molar-refractivity contribution in [3.05, 3.63) is 54.4 Å². The summed E-state index contributed by atoms with van der Waals surface area (Å²) in [4.78, 5) is 17.8. The van der Waals surface area contributed by atoms with E-state index in [1.807, 2.05) is 6.07 Å². The lowest BCUT2D eigenvalue weighted by Crippen LogP contribution is -2.31. The van der Waals surface area contributed by atoms with Crippen LogP contribution in [0.5, 0.6) is 5.75 Å². The summed E-state index contributed by atoms with van der Waals surface area (Å²) in [5.41, 5.74) is 6.99. The summed E-state index contributed by atoms with van der Waals surface area (Å²) >= 11 is 4.95. The molecule has 2 rings (SSSR count). The Morgan fingerprint density at radius 1 is 1.29 bits per heavy atom. The van der Waals surface area contributed by atoms with Crippen LogP contribution in [0.3, 0.4) is 0 Å². The van der Waals surface area contributed by atoms with Gasteiger partial charge in [-0.3, -0.25) is 9.78 Å². The van der Waals surface area contributed by atoms with Crippen molar-refractivity contribution in [3.63, 3.8) is 0 Å². The van der Waals surface area contributed by atoms with Gasteiger partial charge in [-0.15, -0.1) is 0 Å². The number of hydrogen-bond acceptors (Lipinski definition) is 4. The van der Waals surface area contributed by atoms with Crippen LogP contribution in [0.25, 0.3) is 0 Å². The van der Waals surface area contributed by atoms with Crippen LogP contribution >= 0.6 is 12.2 Å². The van der Waals surface area contributed by atoms with E-state index in [-0.39, 0.29) is 17.5 Å². The molecule has 0 saturated heterocycles. The Balaban J connectivity index is 2.03. The molecule has 0 unspecified atom stereocenters. The first-order chi connectivity index (χ1) is 10.1. The van der Waals surface area contributed by atoms with E-state index in [0.29, 0.717) is 11.3 Å². The fraction of sp³-hybridized carbons (Fsp3) is 0.133. The number of para-hydroxylation sites is 1. The van der Waals surface area contributed by atoms with Crippen LogP contribution in [0.15, 0.2) is 48.8 Å². The quantitative estimate of drug-likeness (QED) is 0.852. The van der Waals surface area contributed by atoms with Crippen molar-refractivity contribution in [3.8, 4) is 5.75 Å². The number of hydrogen-bond donors (Lipinski definition) is 1. The van der Waals surface area contributed by atoms with Crippen molar-refractivity contribution in [2.75, 3.05) is 18.6 Å². The second kappa shape index (κ2) is 6.81. The molecule has 0 bridgehead atoms. The number of ether oxygens (including phenoxy) is 1. The maximum absolute atomic E-state index is 12.1. The van der Waals surface area contributed by atoms with Gasteiger partial charge >= 0.3 is 0 Å². The molecule has 1 aromatic heterocycles. The molecule has 21 heavy (non-hydrogen) atoms. The molecule has 6 heteroatoms. The van der Waals surface area contributed by atoms with Crippen LogP contribution in [0.2, 0.25) is 0 Å². The predicted octanol–water partition coefficient (Wildman–Crippen LogP) is 1.76. The van der Waals surface area contributed by atoms with Gasteiger partial charge in [-0.05, 0) is 24.3 Å². The van der Waals surface area contributed by atoms with Crippen LogP contribution in [0.1, 0.15) is 5.56 Å². The van der Waals surface area contributed by atoms with Gasteiger partial charge in [0, 0.05) is 25.1 Å². The van der Waals surface area contributed by atoms with E-state index in [9.17, 15) is 4.79 Å². The fourth-order valence-corrected chi connectivity index (χ4v) is 1.91. The van der Waals surface area contributed by atoms with Gasteiger partial charge in [0.25, 0.3) is 5.91 Å². The number of anilines is 1. The van der Waals surface area contributed by atoms with E-state index in [1.165, 1.54) is 4.90 Å². The summed E-state index contributed by atoms with van der Waals surface area (Å²) in [7, 11) is 1.68. The highest BCUT2D eigenvalue weighted by Gasteiger charge is 2.13. The minimum atomic E-state index is -0.182. The monoisotopic (exact) mass is 301 g/mol. The van der Waals surface area contributed by atoms with Gasteiger partial charge in [0.05, 0.1) is 5.56 Å². The standard InChI is InChI=1S/C15H15N3O2S/c1-18(11-6-8-17-9-7-11)14(19)10-20-13-5-3-2-4-12(13)15(16)21/h2-9H,10H2,1H3,(H2,16,21). The van der Waals surface area contributed by atoms with Gasteiger partial charge in [0.15, 0.2) is 6.61 Å². The van der Waals surface area contributed by atoms with Gasteiger partial charge in [0.1, 0.15) is 10.7 Å². The third-order valence-electron chi connectivity index (χ3n) is 2.93. The Labute approximate surface area is 128 Å². The van der Waals surface area contributed by atoms with E-state index in [0.717, 1.165) is 5.69 Å². The molecule has 0 fully saturated rings. The summed E-state index contributed by atoms with van der Waals surface area (Å²) in [6.45, 7) is -0.0988. The molecule has 5 nitrogen and oxygen atoms in total. The minimum absolute atomic E-state index is 0.0988. The summed E-state index contributed by atoms with van der Waals surface area (Å²) in [6, 6.07) is 10.6. The molecule has 1 heterocycles. The van der Waals surface area contributed by atoms with E-state index in [2.05, 4.69) is 4.98 Å². The minimum Gasteiger partial charge on any atom is -0.483 e. The van der Waals surface area contributed by atoms with E-state index >= 15 is 0 Å². The number of aromatic nitrogens is 1. The number of carbonyl (C=O) groups is 1. The molecule has 108 valence electrons. The summed E-state index contributed by atoms with van der Waals surface area (Å²) in [6.07, 6.45) is 3.25. The first-order valence-corrected chi connectivity index (χ1v) is 6.68. The van der Waals surface area contributed by atoms with Crippen molar-refractivity contribution >= 4 is 28.8 Å². The molecule has 2 N–H and O–H groups in total. The number of carbonyl (C=O) groups excluding carboxylic acids is 1. The fourth-order valence-electron chi connectivity index (χ4n) is 1.74. The topological polar surface area (TPSA) is 68.5 Å². The zero-order valence-electron chi connectivity index (χ0n) is 11.5. The van der Waals surface area contributed by atoms with Crippen molar-refractivity contribution in [1.82, 2.24) is 4.98 Å². The number of nitrogens with zero attached hydrogens (tertiary/aromatic N) is 2. The van der Waals surface area contributed by atoms with Crippen LogP contribution < -0.4 is 15.4 Å². The Bertz CT molecular complexity index is 646. The average molecular weight is 301 g/mol. The highest BCUT2D eigenvalue weighted by atomic mass is 32.1. The number of likely N-dealkylation sites (N-methyl/N-ethyl adjacent to an activating group) is 1. The van der Waals surface area contributed by atoms with E-state index in [4.69, 9.17) is 22.7 Å². The summed E-state index contributed by atoms with van der Waals surface area (Å²) in [5.74, 6) is 0.320. The van der Waals surface area contributed by atoms with E-state index < -0.39 is 0 Å². The molecule has 0 atom stereocenters. The van der Waals surface area contributed by atoms with Gasteiger partial charge < -0.3 is 15.4 Å². The maximum Gasteiger partial charge on any atom is 0.264 e. The Kier molecular flexibility index (Phi) is 4.84. The first-order valence-electron chi connectivity index (χ1n) is 6.28. The third kappa shape index (κ3) is 3.76. The normalized spacial score (nSPS) is 9.95. The lowest BCUT2D eigenvalue weighted by Gasteiger charge is -2.18. The van der Waals surface area contributed by atoms with E-state index in [1.54, 1.807) is 49.8 Å². The largest absolute Gasteiger partial charge is 0.483 e. The molecule has 1 amide bonds. The molecule has 0 spiro atoms. The Morgan fingerprint density at radius 2 is 1.95 bits per heavy atom. The van der Waals surface area contributed by atoms with Gasteiger partial charge in [-0.1, -0.05) is 24.4 Å². The predicted molar refractivity (Wildman–Crippen MR) is 85.5 cm³/mol. The molecule has 0 saturated carbocycles.